The molecule has 1 saturated heterocycles. The maximum atomic E-state index is 12.7. The third-order valence-electron chi connectivity index (χ3n) is 4.49. The van der Waals surface area contributed by atoms with E-state index in [1.54, 1.807) is 6.20 Å². The van der Waals surface area contributed by atoms with Crippen LogP contribution in [0, 0.1) is 5.41 Å². The van der Waals surface area contributed by atoms with Gasteiger partial charge in [-0.3, -0.25) is 4.79 Å². The zero-order valence-electron chi connectivity index (χ0n) is 13.7. The first-order valence-electron chi connectivity index (χ1n) is 8.08. The minimum Gasteiger partial charge on any atom is -0.380 e. The van der Waals surface area contributed by atoms with Crippen molar-refractivity contribution < 1.29 is 9.53 Å². The zero-order chi connectivity index (χ0) is 16.3. The van der Waals surface area contributed by atoms with Gasteiger partial charge in [0.1, 0.15) is 0 Å². The van der Waals surface area contributed by atoms with Gasteiger partial charge in [-0.2, -0.15) is 5.10 Å². The first-order chi connectivity index (χ1) is 11.1. The molecule has 5 nitrogen and oxygen atoms in total. The Hall–Kier alpha value is -2.14. The topological polar surface area (TPSA) is 56.1 Å². The molecule has 1 amide bonds. The van der Waals surface area contributed by atoms with Crippen molar-refractivity contribution in [2.75, 3.05) is 13.2 Å². The maximum absolute atomic E-state index is 12.7. The van der Waals surface area contributed by atoms with Gasteiger partial charge >= 0.3 is 0 Å². The number of aromatic nitrogens is 2. The van der Waals surface area contributed by atoms with Gasteiger partial charge in [-0.05, 0) is 44.4 Å². The summed E-state index contributed by atoms with van der Waals surface area (Å²) in [7, 11) is 0. The molecule has 5 heteroatoms. The largest absolute Gasteiger partial charge is 0.380 e. The second-order valence-electron chi connectivity index (χ2n) is 6.42. The van der Waals surface area contributed by atoms with Gasteiger partial charge in [0.15, 0.2) is 0 Å². The van der Waals surface area contributed by atoms with Crippen molar-refractivity contribution in [1.82, 2.24) is 15.1 Å². The minimum atomic E-state index is -0.437. The van der Waals surface area contributed by atoms with E-state index in [1.807, 2.05) is 55.1 Å². The van der Waals surface area contributed by atoms with Gasteiger partial charge in [0.05, 0.1) is 23.8 Å². The molecule has 122 valence electrons. The van der Waals surface area contributed by atoms with E-state index in [9.17, 15) is 4.79 Å². The Labute approximate surface area is 136 Å². The molecule has 0 bridgehead atoms. The van der Waals surface area contributed by atoms with Crippen LogP contribution in [0.5, 0.6) is 0 Å². The van der Waals surface area contributed by atoms with Crippen LogP contribution in [-0.2, 0) is 9.53 Å². The fourth-order valence-electron chi connectivity index (χ4n) is 3.04. The molecule has 3 rings (SSSR count). The molecule has 1 aliphatic rings. The van der Waals surface area contributed by atoms with E-state index in [2.05, 4.69) is 10.4 Å². The van der Waals surface area contributed by atoms with Gasteiger partial charge in [-0.15, -0.1) is 0 Å². The summed E-state index contributed by atoms with van der Waals surface area (Å²) in [5.74, 6) is 0.0555. The Morgan fingerprint density at radius 1 is 1.39 bits per heavy atom. The van der Waals surface area contributed by atoms with E-state index in [1.165, 1.54) is 0 Å². The van der Waals surface area contributed by atoms with Crippen LogP contribution in [0.4, 0.5) is 0 Å². The van der Waals surface area contributed by atoms with Gasteiger partial charge in [0.25, 0.3) is 0 Å². The van der Waals surface area contributed by atoms with Gasteiger partial charge in [0.2, 0.25) is 5.91 Å². The normalized spacial score (nSPS) is 22.5. The van der Waals surface area contributed by atoms with E-state index < -0.39 is 5.41 Å². The maximum Gasteiger partial charge on any atom is 0.228 e. The van der Waals surface area contributed by atoms with E-state index in [0.717, 1.165) is 30.7 Å². The van der Waals surface area contributed by atoms with Gasteiger partial charge in [-0.25, -0.2) is 4.68 Å². The predicted molar refractivity (Wildman–Crippen MR) is 88.3 cm³/mol. The lowest BCUT2D eigenvalue weighted by Gasteiger charge is -2.33. The number of amides is 1. The molecule has 2 aromatic rings. The Kier molecular flexibility index (Phi) is 4.48. The van der Waals surface area contributed by atoms with Crippen LogP contribution in [0.3, 0.4) is 0 Å². The SMILES string of the molecule is CC(NC(=O)C1(C)CCCOC1)c1ccccc1-n1cccn1. The van der Waals surface area contributed by atoms with E-state index in [-0.39, 0.29) is 11.9 Å². The summed E-state index contributed by atoms with van der Waals surface area (Å²) < 4.78 is 7.32. The fourth-order valence-corrected chi connectivity index (χ4v) is 3.04. The number of ether oxygens (including phenoxy) is 1. The van der Waals surface area contributed by atoms with E-state index in [4.69, 9.17) is 4.74 Å². The van der Waals surface area contributed by atoms with Crippen molar-refractivity contribution >= 4 is 5.91 Å². The first kappa shape index (κ1) is 15.7. The highest BCUT2D eigenvalue weighted by molar-refractivity contribution is 5.83. The van der Waals surface area contributed by atoms with Crippen LogP contribution in [0.15, 0.2) is 42.7 Å². The third-order valence-corrected chi connectivity index (χ3v) is 4.49. The molecule has 1 fully saturated rings. The number of benzene rings is 1. The number of carbonyl (C=O) groups is 1. The average Bonchev–Trinajstić information content (AvgIpc) is 3.10. The molecule has 23 heavy (non-hydrogen) atoms. The smallest absolute Gasteiger partial charge is 0.228 e. The first-order valence-corrected chi connectivity index (χ1v) is 8.08. The molecule has 2 unspecified atom stereocenters. The quantitative estimate of drug-likeness (QED) is 0.944. The van der Waals surface area contributed by atoms with Crippen molar-refractivity contribution in [2.24, 2.45) is 5.41 Å². The van der Waals surface area contributed by atoms with Crippen LogP contribution in [0.25, 0.3) is 5.69 Å². The molecule has 1 aliphatic heterocycles. The second kappa shape index (κ2) is 6.54. The standard InChI is InChI=1S/C18H23N3O2/c1-14(20-17(22)18(2)9-5-12-23-13-18)15-7-3-4-8-16(15)21-11-6-10-19-21/h3-4,6-8,10-11,14H,5,9,12-13H2,1-2H3,(H,20,22). The average molecular weight is 313 g/mol. The molecule has 1 aromatic carbocycles. The van der Waals surface area contributed by atoms with Crippen LogP contribution >= 0.6 is 0 Å². The fraction of sp³-hybridized carbons (Fsp3) is 0.444. The molecule has 0 radical (unpaired) electrons. The van der Waals surface area contributed by atoms with E-state index >= 15 is 0 Å². The number of nitrogens with zero attached hydrogens (tertiary/aromatic N) is 2. The Morgan fingerprint density at radius 2 is 2.22 bits per heavy atom. The molecule has 0 saturated carbocycles. The third kappa shape index (κ3) is 3.29. The lowest BCUT2D eigenvalue weighted by atomic mass is 9.83. The number of rotatable bonds is 4. The monoisotopic (exact) mass is 313 g/mol. The molecule has 0 spiro atoms. The summed E-state index contributed by atoms with van der Waals surface area (Å²) >= 11 is 0. The molecule has 1 aromatic heterocycles. The van der Waals surface area contributed by atoms with Crippen LogP contribution in [0.2, 0.25) is 0 Å². The summed E-state index contributed by atoms with van der Waals surface area (Å²) in [5, 5.41) is 7.44. The van der Waals surface area contributed by atoms with Crippen molar-refractivity contribution in [3.63, 3.8) is 0 Å². The number of hydrogen-bond donors (Lipinski definition) is 1. The van der Waals surface area contributed by atoms with Crippen molar-refractivity contribution in [2.45, 2.75) is 32.7 Å². The second-order valence-corrected chi connectivity index (χ2v) is 6.42. The molecular formula is C18H23N3O2. The molecule has 0 aliphatic carbocycles. The molecule has 2 atom stereocenters. The highest BCUT2D eigenvalue weighted by Crippen LogP contribution is 2.30. The molecular weight excluding hydrogens is 290 g/mol. The Morgan fingerprint density at radius 3 is 2.91 bits per heavy atom. The number of nitrogens with one attached hydrogen (secondary N) is 1. The van der Waals surface area contributed by atoms with Crippen molar-refractivity contribution in [3.8, 4) is 5.69 Å². The van der Waals surface area contributed by atoms with Crippen LogP contribution < -0.4 is 5.32 Å². The van der Waals surface area contributed by atoms with Crippen molar-refractivity contribution in [3.05, 3.63) is 48.3 Å². The molecule has 2 heterocycles. The summed E-state index contributed by atoms with van der Waals surface area (Å²) in [6.07, 6.45) is 5.46. The van der Waals surface area contributed by atoms with Crippen LogP contribution in [0.1, 0.15) is 38.3 Å². The highest BCUT2D eigenvalue weighted by Gasteiger charge is 2.36. The predicted octanol–water partition coefficient (Wildman–Crippen LogP) is 2.87. The summed E-state index contributed by atoms with van der Waals surface area (Å²) in [4.78, 5) is 12.7. The Balaban J connectivity index is 1.79. The minimum absolute atomic E-state index is 0.0555. The number of hydrogen-bond acceptors (Lipinski definition) is 3. The Bertz CT molecular complexity index is 661. The summed E-state index contributed by atoms with van der Waals surface area (Å²) in [5.41, 5.74) is 1.59. The highest BCUT2D eigenvalue weighted by atomic mass is 16.5. The van der Waals surface area contributed by atoms with Gasteiger partial charge in [-0.1, -0.05) is 18.2 Å². The number of carbonyl (C=O) groups excluding carboxylic acids is 1. The lowest BCUT2D eigenvalue weighted by molar-refractivity contribution is -0.138. The van der Waals surface area contributed by atoms with E-state index in [0.29, 0.717) is 6.61 Å². The van der Waals surface area contributed by atoms with Gasteiger partial charge < -0.3 is 10.1 Å². The number of para-hydroxylation sites is 1. The van der Waals surface area contributed by atoms with Crippen LogP contribution in [-0.4, -0.2) is 28.9 Å². The van der Waals surface area contributed by atoms with Crippen molar-refractivity contribution in [1.29, 1.82) is 0 Å². The summed E-state index contributed by atoms with van der Waals surface area (Å²) in [6, 6.07) is 9.79. The zero-order valence-corrected chi connectivity index (χ0v) is 13.7. The summed E-state index contributed by atoms with van der Waals surface area (Å²) in [6.45, 7) is 5.23. The molecule has 1 N–H and O–H groups in total. The van der Waals surface area contributed by atoms with Gasteiger partial charge in [0, 0.05) is 19.0 Å². The lowest BCUT2D eigenvalue weighted by Crippen LogP contribution is -2.45.